The molecule has 1 aliphatic heterocycles. The number of rotatable bonds is 7. The molecule has 1 aliphatic rings. The van der Waals surface area contributed by atoms with Gasteiger partial charge in [0.1, 0.15) is 0 Å². The van der Waals surface area contributed by atoms with Crippen molar-refractivity contribution in [3.63, 3.8) is 0 Å². The van der Waals surface area contributed by atoms with E-state index >= 15 is 0 Å². The van der Waals surface area contributed by atoms with Gasteiger partial charge in [-0.3, -0.25) is 4.99 Å². The minimum Gasteiger partial charge on any atom is -0.357 e. The monoisotopic (exact) mass is 432 g/mol. The average Bonchev–Trinajstić information content (AvgIpc) is 2.95. The third-order valence-corrected chi connectivity index (χ3v) is 5.33. The van der Waals surface area contributed by atoms with Crippen molar-refractivity contribution in [1.82, 2.24) is 14.5 Å². The van der Waals surface area contributed by atoms with E-state index in [0.29, 0.717) is 13.1 Å². The van der Waals surface area contributed by atoms with Crippen molar-refractivity contribution in [2.45, 2.75) is 33.1 Å². The predicted molar refractivity (Wildman–Crippen MR) is 98.9 cm³/mol. The summed E-state index contributed by atoms with van der Waals surface area (Å²) < 4.78 is 24.6. The molecule has 0 amide bonds. The van der Waals surface area contributed by atoms with Crippen LogP contribution in [0.15, 0.2) is 4.99 Å². The Kier molecular flexibility index (Phi) is 10.6. The van der Waals surface area contributed by atoms with Gasteiger partial charge >= 0.3 is 0 Å². The van der Waals surface area contributed by atoms with Crippen molar-refractivity contribution in [3.05, 3.63) is 0 Å². The van der Waals surface area contributed by atoms with Crippen LogP contribution in [-0.2, 0) is 10.0 Å². The van der Waals surface area contributed by atoms with Gasteiger partial charge in [-0.05, 0) is 33.1 Å². The topological polar surface area (TPSA) is 65.0 Å². The van der Waals surface area contributed by atoms with E-state index in [9.17, 15) is 8.42 Å². The summed E-state index contributed by atoms with van der Waals surface area (Å²) in [7, 11) is -1.43. The molecule has 0 atom stereocenters. The van der Waals surface area contributed by atoms with E-state index < -0.39 is 10.0 Å². The summed E-state index contributed by atoms with van der Waals surface area (Å²) >= 11 is 0. The van der Waals surface area contributed by atoms with Crippen molar-refractivity contribution < 1.29 is 8.42 Å². The molecule has 0 aromatic heterocycles. The summed E-state index contributed by atoms with van der Waals surface area (Å²) in [5, 5.41) is 3.30. The van der Waals surface area contributed by atoms with Crippen molar-refractivity contribution >= 4 is 40.0 Å². The maximum atomic E-state index is 11.6. The second kappa shape index (κ2) is 10.6. The summed E-state index contributed by atoms with van der Waals surface area (Å²) in [5.41, 5.74) is 0. The maximum absolute atomic E-state index is 11.6. The number of nitrogens with zero attached hydrogens (tertiary/aromatic N) is 3. The van der Waals surface area contributed by atoms with E-state index in [0.717, 1.165) is 32.0 Å². The zero-order valence-electron chi connectivity index (χ0n) is 13.3. The molecule has 21 heavy (non-hydrogen) atoms. The number of aliphatic imine (C=N–C) groups is 1. The van der Waals surface area contributed by atoms with E-state index in [4.69, 9.17) is 0 Å². The van der Waals surface area contributed by atoms with Gasteiger partial charge in [0, 0.05) is 39.8 Å². The molecule has 1 heterocycles. The quantitative estimate of drug-likeness (QED) is 0.286. The molecular weight excluding hydrogens is 403 g/mol. The summed E-state index contributed by atoms with van der Waals surface area (Å²) in [6, 6.07) is 0. The second-order valence-electron chi connectivity index (χ2n) is 5.01. The molecule has 0 saturated carbocycles. The maximum Gasteiger partial charge on any atom is 0.213 e. The lowest BCUT2D eigenvalue weighted by Crippen LogP contribution is -2.39. The van der Waals surface area contributed by atoms with Gasteiger partial charge in [-0.1, -0.05) is 0 Å². The van der Waals surface area contributed by atoms with E-state index in [1.54, 1.807) is 14.0 Å². The van der Waals surface area contributed by atoms with Crippen molar-refractivity contribution in [2.75, 3.05) is 45.5 Å². The Labute approximate surface area is 146 Å². The number of sulfonamides is 1. The lowest BCUT2D eigenvalue weighted by atomic mass is 10.4. The van der Waals surface area contributed by atoms with E-state index in [1.165, 1.54) is 17.1 Å². The first-order chi connectivity index (χ1) is 9.51. The first-order valence-electron chi connectivity index (χ1n) is 7.48. The second-order valence-corrected chi connectivity index (χ2v) is 7.37. The van der Waals surface area contributed by atoms with E-state index in [-0.39, 0.29) is 29.7 Å². The Balaban J connectivity index is 0.00000400. The molecular formula is C13H29IN4O2S. The molecule has 0 spiro atoms. The van der Waals surface area contributed by atoms with Gasteiger partial charge < -0.3 is 10.2 Å². The van der Waals surface area contributed by atoms with Gasteiger partial charge in [0.25, 0.3) is 0 Å². The molecule has 0 aromatic carbocycles. The van der Waals surface area contributed by atoms with Crippen LogP contribution in [-0.4, -0.2) is 69.1 Å². The van der Waals surface area contributed by atoms with Crippen LogP contribution in [0.5, 0.6) is 0 Å². The van der Waals surface area contributed by atoms with E-state index in [2.05, 4.69) is 22.1 Å². The smallest absolute Gasteiger partial charge is 0.213 e. The third kappa shape index (κ3) is 7.14. The molecule has 1 saturated heterocycles. The van der Waals surface area contributed by atoms with Gasteiger partial charge in [0.2, 0.25) is 10.0 Å². The lowest BCUT2D eigenvalue weighted by molar-refractivity contribution is 0.461. The average molecular weight is 432 g/mol. The van der Waals surface area contributed by atoms with Gasteiger partial charge in [0.15, 0.2) is 5.96 Å². The Morgan fingerprint density at radius 3 is 2.43 bits per heavy atom. The number of hydrogen-bond donors (Lipinski definition) is 1. The first-order valence-corrected chi connectivity index (χ1v) is 9.09. The number of halogens is 1. The van der Waals surface area contributed by atoms with Gasteiger partial charge in [0.05, 0.1) is 5.75 Å². The molecule has 0 radical (unpaired) electrons. The first kappa shape index (κ1) is 20.9. The highest BCUT2D eigenvalue weighted by Crippen LogP contribution is 2.07. The molecule has 1 N–H and O–H groups in total. The number of nitrogens with one attached hydrogen (secondary N) is 1. The van der Waals surface area contributed by atoms with Crippen LogP contribution in [0.3, 0.4) is 0 Å². The van der Waals surface area contributed by atoms with Gasteiger partial charge in [-0.25, -0.2) is 12.7 Å². The minimum absolute atomic E-state index is 0. The fourth-order valence-corrected chi connectivity index (χ4v) is 3.04. The number of likely N-dealkylation sites (tertiary alicyclic amines) is 1. The molecule has 126 valence electrons. The predicted octanol–water partition coefficient (Wildman–Crippen LogP) is 1.34. The van der Waals surface area contributed by atoms with Crippen molar-refractivity contribution in [3.8, 4) is 0 Å². The molecule has 0 aromatic rings. The van der Waals surface area contributed by atoms with Crippen LogP contribution in [0.25, 0.3) is 0 Å². The third-order valence-electron chi connectivity index (χ3n) is 3.47. The van der Waals surface area contributed by atoms with Crippen molar-refractivity contribution in [2.24, 2.45) is 4.99 Å². The van der Waals surface area contributed by atoms with E-state index in [1.807, 2.05) is 0 Å². The summed E-state index contributed by atoms with van der Waals surface area (Å²) in [6.07, 6.45) is 3.20. The van der Waals surface area contributed by atoms with Crippen molar-refractivity contribution in [1.29, 1.82) is 0 Å². The molecule has 0 aliphatic carbocycles. The fraction of sp³-hybridized carbons (Fsp3) is 0.923. The molecule has 0 unspecified atom stereocenters. The molecule has 0 bridgehead atoms. The number of hydrogen-bond acceptors (Lipinski definition) is 3. The van der Waals surface area contributed by atoms with Crippen LogP contribution in [0.1, 0.15) is 33.1 Å². The lowest BCUT2D eigenvalue weighted by Gasteiger charge is -2.21. The summed E-state index contributed by atoms with van der Waals surface area (Å²) in [4.78, 5) is 6.86. The fourth-order valence-electron chi connectivity index (χ4n) is 2.19. The summed E-state index contributed by atoms with van der Waals surface area (Å²) in [5.74, 6) is 1.12. The van der Waals surface area contributed by atoms with Crippen LogP contribution in [0.4, 0.5) is 0 Å². The normalized spacial score (nSPS) is 16.2. The van der Waals surface area contributed by atoms with Crippen LogP contribution >= 0.6 is 24.0 Å². The van der Waals surface area contributed by atoms with Crippen LogP contribution in [0.2, 0.25) is 0 Å². The highest BCUT2D eigenvalue weighted by molar-refractivity contribution is 14.0. The Bertz CT molecular complexity index is 408. The Morgan fingerprint density at radius 2 is 1.90 bits per heavy atom. The highest BCUT2D eigenvalue weighted by Gasteiger charge is 2.16. The van der Waals surface area contributed by atoms with Gasteiger partial charge in [-0.15, -0.1) is 24.0 Å². The Morgan fingerprint density at radius 1 is 1.29 bits per heavy atom. The minimum atomic E-state index is -3.07. The SMILES string of the molecule is CCNC(=NCCCN(C)S(=O)(=O)CC)N1CCCC1.I. The zero-order chi connectivity index (χ0) is 15.0. The van der Waals surface area contributed by atoms with Crippen LogP contribution < -0.4 is 5.32 Å². The molecule has 8 heteroatoms. The largest absolute Gasteiger partial charge is 0.357 e. The molecule has 1 rings (SSSR count). The standard InChI is InChI=1S/C13H28N4O2S.HI/c1-4-14-13(17-11-6-7-12-17)15-9-8-10-16(3)20(18,19)5-2;/h4-12H2,1-3H3,(H,14,15);1H. The summed E-state index contributed by atoms with van der Waals surface area (Å²) in [6.45, 7) is 7.90. The molecule has 6 nitrogen and oxygen atoms in total. The highest BCUT2D eigenvalue weighted by atomic mass is 127. The van der Waals surface area contributed by atoms with Crippen LogP contribution in [0, 0.1) is 0 Å². The number of guanidine groups is 1. The van der Waals surface area contributed by atoms with Gasteiger partial charge in [-0.2, -0.15) is 0 Å². The molecule has 1 fully saturated rings. The Hall–Kier alpha value is -0.0900. The zero-order valence-corrected chi connectivity index (χ0v) is 16.5.